The van der Waals surface area contributed by atoms with Gasteiger partial charge in [0.1, 0.15) is 17.5 Å². The lowest BCUT2D eigenvalue weighted by Crippen LogP contribution is -2.36. The van der Waals surface area contributed by atoms with Gasteiger partial charge in [-0.15, -0.1) is 0 Å². The number of hydrogen-bond donors (Lipinski definition) is 0. The number of amides is 1. The number of esters is 1. The number of ether oxygens (including phenoxy) is 2. The summed E-state index contributed by atoms with van der Waals surface area (Å²) in [7, 11) is 0. The molecular weight excluding hydrogens is 418 g/mol. The second-order valence-corrected chi connectivity index (χ2v) is 8.28. The van der Waals surface area contributed by atoms with Crippen molar-refractivity contribution in [1.29, 1.82) is 0 Å². The van der Waals surface area contributed by atoms with E-state index in [4.69, 9.17) is 13.9 Å². The van der Waals surface area contributed by atoms with Crippen LogP contribution in [0.5, 0.6) is 0 Å². The Morgan fingerprint density at radius 2 is 2.15 bits per heavy atom. The summed E-state index contributed by atoms with van der Waals surface area (Å²) in [6.07, 6.45) is 3.28. The molecule has 8 nitrogen and oxygen atoms in total. The minimum absolute atomic E-state index is 0.131. The van der Waals surface area contributed by atoms with Crippen molar-refractivity contribution in [1.82, 2.24) is 14.7 Å². The van der Waals surface area contributed by atoms with E-state index < -0.39 is 17.7 Å². The Balaban J connectivity index is 1.52. The van der Waals surface area contributed by atoms with Crippen LogP contribution in [0.1, 0.15) is 43.5 Å². The van der Waals surface area contributed by atoms with Crippen molar-refractivity contribution in [2.45, 2.75) is 45.4 Å². The van der Waals surface area contributed by atoms with Crippen LogP contribution in [-0.2, 0) is 16.0 Å². The molecule has 3 heterocycles. The van der Waals surface area contributed by atoms with Crippen LogP contribution in [0.25, 0.3) is 0 Å². The molecule has 0 aromatic carbocycles. The fourth-order valence-electron chi connectivity index (χ4n) is 2.68. The zero-order chi connectivity index (χ0) is 19.6. The molecule has 0 saturated carbocycles. The van der Waals surface area contributed by atoms with Crippen molar-refractivity contribution >= 4 is 28.0 Å². The summed E-state index contributed by atoms with van der Waals surface area (Å²) in [6, 6.07) is 3.30. The van der Waals surface area contributed by atoms with Crippen molar-refractivity contribution in [3.63, 3.8) is 0 Å². The number of carbonyl (C=O) groups excluding carboxylic acids is 2. The maximum absolute atomic E-state index is 12.3. The zero-order valence-corrected chi connectivity index (χ0v) is 17.1. The molecule has 1 saturated heterocycles. The number of carbonyl (C=O) groups is 2. The molecule has 1 fully saturated rings. The smallest absolute Gasteiger partial charge is 0.410 e. The maximum Gasteiger partial charge on any atom is 0.410 e. The molecule has 27 heavy (non-hydrogen) atoms. The normalized spacial score (nSPS) is 17.2. The van der Waals surface area contributed by atoms with E-state index in [0.717, 1.165) is 4.47 Å². The van der Waals surface area contributed by atoms with Crippen LogP contribution in [0.4, 0.5) is 4.79 Å². The van der Waals surface area contributed by atoms with Crippen molar-refractivity contribution in [3.8, 4) is 0 Å². The van der Waals surface area contributed by atoms with E-state index >= 15 is 0 Å². The summed E-state index contributed by atoms with van der Waals surface area (Å²) in [5.41, 5.74) is -0.555. The van der Waals surface area contributed by atoms with E-state index in [-0.39, 0.29) is 11.9 Å². The second kappa shape index (κ2) is 7.75. The van der Waals surface area contributed by atoms with Gasteiger partial charge in [0.15, 0.2) is 0 Å². The lowest BCUT2D eigenvalue weighted by molar-refractivity contribution is 0.0175. The predicted octanol–water partition coefficient (Wildman–Crippen LogP) is 3.45. The van der Waals surface area contributed by atoms with Gasteiger partial charge in [-0.25, -0.2) is 9.59 Å². The van der Waals surface area contributed by atoms with Gasteiger partial charge < -0.3 is 18.8 Å². The monoisotopic (exact) mass is 439 g/mol. The first-order chi connectivity index (χ1) is 12.7. The lowest BCUT2D eigenvalue weighted by atomic mass is 10.2. The Bertz CT molecular complexity index is 823. The number of likely N-dealkylation sites (tertiary alicyclic amines) is 1. The van der Waals surface area contributed by atoms with Gasteiger partial charge >= 0.3 is 12.1 Å². The van der Waals surface area contributed by atoms with Crippen LogP contribution >= 0.6 is 15.9 Å². The first-order valence-electron chi connectivity index (χ1n) is 8.65. The van der Waals surface area contributed by atoms with Crippen molar-refractivity contribution in [2.75, 3.05) is 13.1 Å². The van der Waals surface area contributed by atoms with Crippen LogP contribution in [0.2, 0.25) is 0 Å². The van der Waals surface area contributed by atoms with Crippen molar-refractivity contribution in [2.24, 2.45) is 0 Å². The highest BCUT2D eigenvalue weighted by atomic mass is 79.9. The lowest BCUT2D eigenvalue weighted by Gasteiger charge is -2.24. The molecule has 3 rings (SSSR count). The molecule has 0 aliphatic carbocycles. The third kappa shape index (κ3) is 5.35. The highest BCUT2D eigenvalue weighted by Crippen LogP contribution is 2.19. The van der Waals surface area contributed by atoms with E-state index in [1.54, 1.807) is 27.9 Å². The average Bonchev–Trinajstić information content (AvgIpc) is 3.27. The molecule has 0 unspecified atom stereocenters. The predicted molar refractivity (Wildman–Crippen MR) is 99.4 cm³/mol. The highest BCUT2D eigenvalue weighted by Gasteiger charge is 2.32. The van der Waals surface area contributed by atoms with Gasteiger partial charge in [-0.05, 0) is 48.8 Å². The second-order valence-electron chi connectivity index (χ2n) is 7.36. The van der Waals surface area contributed by atoms with Crippen LogP contribution < -0.4 is 0 Å². The summed E-state index contributed by atoms with van der Waals surface area (Å²) in [6.45, 7) is 6.66. The Morgan fingerprint density at radius 3 is 2.81 bits per heavy atom. The van der Waals surface area contributed by atoms with E-state index in [1.807, 2.05) is 27.0 Å². The number of aromatic nitrogens is 2. The Hall–Kier alpha value is -2.29. The van der Waals surface area contributed by atoms with Gasteiger partial charge in [0, 0.05) is 19.2 Å². The molecule has 1 aliphatic heterocycles. The van der Waals surface area contributed by atoms with Crippen LogP contribution in [-0.4, -0.2) is 51.5 Å². The first-order valence-corrected chi connectivity index (χ1v) is 9.44. The average molecular weight is 440 g/mol. The quantitative estimate of drug-likeness (QED) is 0.677. The SMILES string of the molecule is CC(C)(C)OC(=O)N1CC[C@H](OC(=O)c2ccc(Cn3cc(Br)cn3)o2)C1. The van der Waals surface area contributed by atoms with Crippen LogP contribution in [0, 0.1) is 0 Å². The van der Waals surface area contributed by atoms with Crippen molar-refractivity contribution in [3.05, 3.63) is 40.5 Å². The maximum atomic E-state index is 12.3. The van der Waals surface area contributed by atoms with E-state index in [0.29, 0.717) is 31.8 Å². The number of nitrogens with zero attached hydrogens (tertiary/aromatic N) is 3. The van der Waals surface area contributed by atoms with Crippen LogP contribution in [0.15, 0.2) is 33.4 Å². The molecule has 9 heteroatoms. The summed E-state index contributed by atoms with van der Waals surface area (Å²) in [4.78, 5) is 25.9. The number of hydrogen-bond acceptors (Lipinski definition) is 6. The molecule has 1 atom stereocenters. The van der Waals surface area contributed by atoms with Gasteiger partial charge in [0.05, 0.1) is 23.8 Å². The topological polar surface area (TPSA) is 86.8 Å². The summed E-state index contributed by atoms with van der Waals surface area (Å²) in [5, 5.41) is 4.14. The fraction of sp³-hybridized carbons (Fsp3) is 0.500. The first kappa shape index (κ1) is 19.5. The largest absolute Gasteiger partial charge is 0.455 e. The molecular formula is C18H22BrN3O5. The van der Waals surface area contributed by atoms with Gasteiger partial charge in [-0.1, -0.05) is 0 Å². The number of furan rings is 1. The molecule has 2 aromatic heterocycles. The third-order valence-corrected chi connectivity index (χ3v) is 4.26. The molecule has 146 valence electrons. The molecule has 1 amide bonds. The van der Waals surface area contributed by atoms with E-state index in [1.165, 1.54) is 0 Å². The Labute approximate surface area is 165 Å². The van der Waals surface area contributed by atoms with Gasteiger partial charge in [-0.2, -0.15) is 5.10 Å². The standard InChI is InChI=1S/C18H22BrN3O5/c1-18(2,3)27-17(24)21-7-6-14(10-21)26-16(23)15-5-4-13(25-15)11-22-9-12(19)8-20-22/h4-5,8-9,14H,6-7,10-11H2,1-3H3/t14-/m0/s1. The Kier molecular flexibility index (Phi) is 5.59. The van der Waals surface area contributed by atoms with E-state index in [9.17, 15) is 9.59 Å². The molecule has 2 aromatic rings. The number of rotatable bonds is 4. The molecule has 0 N–H and O–H groups in total. The summed E-state index contributed by atoms with van der Waals surface area (Å²) < 4.78 is 18.9. The van der Waals surface area contributed by atoms with Crippen molar-refractivity contribution < 1.29 is 23.5 Å². The van der Waals surface area contributed by atoms with Gasteiger partial charge in [0.2, 0.25) is 5.76 Å². The molecule has 0 bridgehead atoms. The minimum Gasteiger partial charge on any atom is -0.455 e. The summed E-state index contributed by atoms with van der Waals surface area (Å²) >= 11 is 3.33. The third-order valence-electron chi connectivity index (χ3n) is 3.85. The van der Waals surface area contributed by atoms with Gasteiger partial charge in [-0.3, -0.25) is 4.68 Å². The summed E-state index contributed by atoms with van der Waals surface area (Å²) in [5.74, 6) is 0.185. The van der Waals surface area contributed by atoms with Crippen LogP contribution in [0.3, 0.4) is 0 Å². The highest BCUT2D eigenvalue weighted by molar-refractivity contribution is 9.10. The molecule has 0 spiro atoms. The molecule has 0 radical (unpaired) electrons. The minimum atomic E-state index is -0.555. The fourth-order valence-corrected chi connectivity index (χ4v) is 3.01. The Morgan fingerprint density at radius 1 is 1.37 bits per heavy atom. The molecule has 1 aliphatic rings. The van der Waals surface area contributed by atoms with E-state index in [2.05, 4.69) is 21.0 Å². The number of halogens is 1. The van der Waals surface area contributed by atoms with Gasteiger partial charge in [0.25, 0.3) is 0 Å². The zero-order valence-electron chi connectivity index (χ0n) is 15.5.